The van der Waals surface area contributed by atoms with Gasteiger partial charge in [0.25, 0.3) is 0 Å². The van der Waals surface area contributed by atoms with Crippen molar-refractivity contribution in [2.75, 3.05) is 5.32 Å². The lowest BCUT2D eigenvalue weighted by Gasteiger charge is -2.28. The van der Waals surface area contributed by atoms with Crippen molar-refractivity contribution in [1.29, 1.82) is 0 Å². The Balaban J connectivity index is 1.63. The Morgan fingerprint density at radius 3 is 2.84 bits per heavy atom. The van der Waals surface area contributed by atoms with Gasteiger partial charge in [-0.2, -0.15) is 0 Å². The Labute approximate surface area is 151 Å². The highest BCUT2D eigenvalue weighted by atomic mass is 35.5. The fourth-order valence-electron chi connectivity index (χ4n) is 3.15. The monoisotopic (exact) mass is 354 g/mol. The summed E-state index contributed by atoms with van der Waals surface area (Å²) in [6.07, 6.45) is 3.66. The molecule has 1 aliphatic rings. The molecule has 128 valence electrons. The number of fused-ring (bicyclic) bond motifs is 1. The summed E-state index contributed by atoms with van der Waals surface area (Å²) >= 11 is 5.99. The Morgan fingerprint density at radius 1 is 1.28 bits per heavy atom. The van der Waals surface area contributed by atoms with Gasteiger partial charge in [-0.1, -0.05) is 23.7 Å². The highest BCUT2D eigenvalue weighted by Crippen LogP contribution is 2.36. The van der Waals surface area contributed by atoms with E-state index in [1.54, 1.807) is 12.1 Å². The number of aryl methyl sites for hydroxylation is 1. The summed E-state index contributed by atoms with van der Waals surface area (Å²) in [5, 5.41) is 3.60. The SMILES string of the molecule is Cc1ccc2nc(NC(=O)Cc3cccc(Cl)c3)n(C3CCC3)c2n1. The molecule has 0 unspecified atom stereocenters. The molecule has 6 heteroatoms. The molecule has 0 saturated heterocycles. The predicted molar refractivity (Wildman–Crippen MR) is 98.9 cm³/mol. The number of anilines is 1. The van der Waals surface area contributed by atoms with Crippen LogP contribution in [0.25, 0.3) is 11.2 Å². The van der Waals surface area contributed by atoms with Crippen molar-refractivity contribution in [2.24, 2.45) is 0 Å². The number of hydrogen-bond acceptors (Lipinski definition) is 3. The third-order valence-electron chi connectivity index (χ3n) is 4.62. The third kappa shape index (κ3) is 3.24. The molecule has 0 spiro atoms. The molecule has 2 aromatic heterocycles. The summed E-state index contributed by atoms with van der Waals surface area (Å²) in [6, 6.07) is 11.6. The minimum atomic E-state index is -0.102. The third-order valence-corrected chi connectivity index (χ3v) is 4.86. The topological polar surface area (TPSA) is 59.8 Å². The van der Waals surface area contributed by atoms with Crippen LogP contribution in [0.2, 0.25) is 5.02 Å². The van der Waals surface area contributed by atoms with Gasteiger partial charge in [-0.25, -0.2) is 9.97 Å². The van der Waals surface area contributed by atoms with E-state index in [2.05, 4.69) is 19.9 Å². The van der Waals surface area contributed by atoms with Gasteiger partial charge in [0.2, 0.25) is 11.9 Å². The number of carbonyl (C=O) groups is 1. The number of carbonyl (C=O) groups excluding carboxylic acids is 1. The molecule has 4 rings (SSSR count). The van der Waals surface area contributed by atoms with Gasteiger partial charge in [-0.3, -0.25) is 14.7 Å². The summed E-state index contributed by atoms with van der Waals surface area (Å²) < 4.78 is 2.09. The molecular formula is C19H19ClN4O. The lowest BCUT2D eigenvalue weighted by atomic mass is 9.93. The Morgan fingerprint density at radius 2 is 2.12 bits per heavy atom. The second-order valence-corrected chi connectivity index (χ2v) is 6.98. The number of aromatic nitrogens is 3. The minimum absolute atomic E-state index is 0.102. The molecule has 0 radical (unpaired) electrons. The first-order chi connectivity index (χ1) is 12.1. The molecule has 2 heterocycles. The number of nitrogens with one attached hydrogen (secondary N) is 1. The minimum Gasteiger partial charge on any atom is -0.296 e. The number of nitrogens with zero attached hydrogens (tertiary/aromatic N) is 3. The number of benzene rings is 1. The predicted octanol–water partition coefficient (Wildman–Crippen LogP) is 4.30. The molecule has 25 heavy (non-hydrogen) atoms. The van der Waals surface area contributed by atoms with Gasteiger partial charge in [0.1, 0.15) is 5.52 Å². The van der Waals surface area contributed by atoms with Crippen molar-refractivity contribution >= 4 is 34.6 Å². The van der Waals surface area contributed by atoms with Gasteiger partial charge < -0.3 is 0 Å². The molecular weight excluding hydrogens is 336 g/mol. The van der Waals surface area contributed by atoms with Crippen LogP contribution in [0.15, 0.2) is 36.4 Å². The van der Waals surface area contributed by atoms with Crippen LogP contribution in [-0.2, 0) is 11.2 Å². The molecule has 1 aromatic carbocycles. The van der Waals surface area contributed by atoms with Crippen LogP contribution in [0.4, 0.5) is 5.95 Å². The van der Waals surface area contributed by atoms with Crippen molar-refractivity contribution in [3.8, 4) is 0 Å². The van der Waals surface area contributed by atoms with Crippen molar-refractivity contribution in [2.45, 2.75) is 38.6 Å². The number of imidazole rings is 1. The van der Waals surface area contributed by atoms with Gasteiger partial charge >= 0.3 is 0 Å². The number of halogens is 1. The Hall–Kier alpha value is -2.40. The fraction of sp³-hybridized carbons (Fsp3) is 0.316. The fourth-order valence-corrected chi connectivity index (χ4v) is 3.36. The summed E-state index contributed by atoms with van der Waals surface area (Å²) in [5.74, 6) is 0.486. The maximum atomic E-state index is 12.5. The van der Waals surface area contributed by atoms with Gasteiger partial charge in [-0.15, -0.1) is 0 Å². The average Bonchev–Trinajstić information content (AvgIpc) is 2.83. The van der Waals surface area contributed by atoms with E-state index < -0.39 is 0 Å². The first-order valence-electron chi connectivity index (χ1n) is 8.50. The molecule has 1 fully saturated rings. The molecule has 3 aromatic rings. The van der Waals surface area contributed by atoms with Crippen molar-refractivity contribution in [1.82, 2.24) is 14.5 Å². The summed E-state index contributed by atoms with van der Waals surface area (Å²) in [7, 11) is 0. The van der Waals surface area contributed by atoms with Crippen LogP contribution in [0.3, 0.4) is 0 Å². The Kier molecular flexibility index (Phi) is 4.17. The number of amides is 1. The zero-order valence-corrected chi connectivity index (χ0v) is 14.8. The number of rotatable bonds is 4. The van der Waals surface area contributed by atoms with Crippen LogP contribution < -0.4 is 5.32 Å². The summed E-state index contributed by atoms with van der Waals surface area (Å²) in [6.45, 7) is 1.97. The van der Waals surface area contributed by atoms with Crippen LogP contribution >= 0.6 is 11.6 Å². The van der Waals surface area contributed by atoms with E-state index in [1.807, 2.05) is 31.2 Å². The van der Waals surface area contributed by atoms with E-state index in [0.717, 1.165) is 35.3 Å². The quantitative estimate of drug-likeness (QED) is 0.759. The standard InChI is InChI=1S/C19H19ClN4O/c1-12-8-9-16-18(21-12)24(15-6-3-7-15)19(22-16)23-17(25)11-13-4-2-5-14(20)10-13/h2,4-5,8-10,15H,3,6-7,11H2,1H3,(H,22,23,25). The van der Waals surface area contributed by atoms with Crippen LogP contribution in [0, 0.1) is 6.92 Å². The average molecular weight is 355 g/mol. The normalized spacial score (nSPS) is 14.5. The highest BCUT2D eigenvalue weighted by Gasteiger charge is 2.26. The largest absolute Gasteiger partial charge is 0.296 e. The van der Waals surface area contributed by atoms with E-state index in [0.29, 0.717) is 17.0 Å². The summed E-state index contributed by atoms with van der Waals surface area (Å²) in [4.78, 5) is 21.7. The molecule has 0 aliphatic heterocycles. The first kappa shape index (κ1) is 16.1. The first-order valence-corrected chi connectivity index (χ1v) is 8.88. The zero-order chi connectivity index (χ0) is 17.4. The zero-order valence-electron chi connectivity index (χ0n) is 14.0. The van der Waals surface area contributed by atoms with E-state index in [4.69, 9.17) is 11.6 Å². The smallest absolute Gasteiger partial charge is 0.231 e. The van der Waals surface area contributed by atoms with Gasteiger partial charge in [-0.05, 0) is 56.0 Å². The number of pyridine rings is 1. The molecule has 5 nitrogen and oxygen atoms in total. The van der Waals surface area contributed by atoms with Crippen LogP contribution in [-0.4, -0.2) is 20.4 Å². The number of hydrogen-bond donors (Lipinski definition) is 1. The van der Waals surface area contributed by atoms with Crippen molar-refractivity contribution < 1.29 is 4.79 Å². The van der Waals surface area contributed by atoms with E-state index in [9.17, 15) is 4.79 Å². The van der Waals surface area contributed by atoms with Gasteiger partial charge in [0.05, 0.1) is 6.42 Å². The lowest BCUT2D eigenvalue weighted by molar-refractivity contribution is -0.115. The maximum absolute atomic E-state index is 12.5. The molecule has 0 atom stereocenters. The highest BCUT2D eigenvalue weighted by molar-refractivity contribution is 6.30. The lowest BCUT2D eigenvalue weighted by Crippen LogP contribution is -2.23. The van der Waals surface area contributed by atoms with E-state index in [-0.39, 0.29) is 12.3 Å². The van der Waals surface area contributed by atoms with Crippen LogP contribution in [0.5, 0.6) is 0 Å². The van der Waals surface area contributed by atoms with Crippen molar-refractivity contribution in [3.05, 3.63) is 52.7 Å². The van der Waals surface area contributed by atoms with Gasteiger partial charge in [0.15, 0.2) is 5.65 Å². The van der Waals surface area contributed by atoms with E-state index >= 15 is 0 Å². The van der Waals surface area contributed by atoms with Gasteiger partial charge in [0, 0.05) is 16.8 Å². The van der Waals surface area contributed by atoms with Crippen LogP contribution in [0.1, 0.15) is 36.6 Å². The van der Waals surface area contributed by atoms with E-state index in [1.165, 1.54) is 6.42 Å². The Bertz CT molecular complexity index is 946. The maximum Gasteiger partial charge on any atom is 0.231 e. The second-order valence-electron chi connectivity index (χ2n) is 6.54. The molecule has 1 aliphatic carbocycles. The molecule has 1 saturated carbocycles. The molecule has 1 amide bonds. The molecule has 0 bridgehead atoms. The summed E-state index contributed by atoms with van der Waals surface area (Å²) in [5.41, 5.74) is 3.49. The van der Waals surface area contributed by atoms with Crippen molar-refractivity contribution in [3.63, 3.8) is 0 Å². The second kappa shape index (κ2) is 6.48. The molecule has 1 N–H and O–H groups in total.